The van der Waals surface area contributed by atoms with Crippen molar-refractivity contribution >= 4 is 24.2 Å². The van der Waals surface area contributed by atoms with Gasteiger partial charge in [0.1, 0.15) is 11.3 Å². The second kappa shape index (κ2) is 4.18. The Morgan fingerprint density at radius 2 is 1.91 bits per heavy atom. The number of methoxy groups -OCH3 is 1. The van der Waals surface area contributed by atoms with Gasteiger partial charge in [-0.2, -0.15) is 0 Å². The van der Waals surface area contributed by atoms with Gasteiger partial charge >= 0.3 is 5.97 Å². The Labute approximate surface area is 72.0 Å². The summed E-state index contributed by atoms with van der Waals surface area (Å²) in [4.78, 5) is 10.8. The predicted octanol–water partition coefficient (Wildman–Crippen LogP) is 0.543. The largest absolute Gasteiger partial charge is 0.468 e. The fraction of sp³-hybridized carbons (Fsp3) is 0.667. The van der Waals surface area contributed by atoms with Crippen molar-refractivity contribution < 1.29 is 9.53 Å². The number of nitrogens with two attached hydrogens (primary N) is 1. The van der Waals surface area contributed by atoms with E-state index in [0.717, 1.165) is 0 Å². The molecule has 3 N–H and O–H groups in total. The molecule has 0 aliphatic heterocycles. The fourth-order valence-electron chi connectivity index (χ4n) is 0.365. The second-order valence-corrected chi connectivity index (χ2v) is 2.53. The van der Waals surface area contributed by atoms with Crippen molar-refractivity contribution in [1.82, 2.24) is 0 Å². The Morgan fingerprint density at radius 1 is 1.55 bits per heavy atom. The van der Waals surface area contributed by atoms with Crippen molar-refractivity contribution in [3.8, 4) is 0 Å². The molecule has 0 unspecified atom stereocenters. The van der Waals surface area contributed by atoms with Gasteiger partial charge in [-0.05, 0) is 13.8 Å². The van der Waals surface area contributed by atoms with Gasteiger partial charge in [0, 0.05) is 0 Å². The molecule has 0 aliphatic rings. The topological polar surface area (TPSA) is 76.2 Å². The summed E-state index contributed by atoms with van der Waals surface area (Å²) in [5.41, 5.74) is 4.14. The van der Waals surface area contributed by atoms with Gasteiger partial charge in [0.2, 0.25) is 0 Å². The molecule has 0 rings (SSSR count). The molecule has 0 aromatic carbocycles. The summed E-state index contributed by atoms with van der Waals surface area (Å²) >= 11 is 0. The lowest BCUT2D eigenvalue weighted by Crippen LogP contribution is -2.38. The first-order valence-electron chi connectivity index (χ1n) is 2.86. The van der Waals surface area contributed by atoms with E-state index in [1.54, 1.807) is 13.8 Å². The van der Waals surface area contributed by atoms with E-state index in [0.29, 0.717) is 0 Å². The minimum absolute atomic E-state index is 0. The van der Waals surface area contributed by atoms with Crippen LogP contribution in [0.4, 0.5) is 0 Å². The van der Waals surface area contributed by atoms with Crippen LogP contribution >= 0.6 is 12.4 Å². The van der Waals surface area contributed by atoms with Gasteiger partial charge in [-0.3, -0.25) is 10.2 Å². The van der Waals surface area contributed by atoms with Crippen LogP contribution in [0.5, 0.6) is 0 Å². The number of esters is 1. The van der Waals surface area contributed by atoms with Crippen molar-refractivity contribution in [2.45, 2.75) is 13.8 Å². The summed E-state index contributed by atoms with van der Waals surface area (Å²) in [7, 11) is 1.27. The Hall–Kier alpha value is -0.770. The quantitative estimate of drug-likeness (QED) is 0.370. The summed E-state index contributed by atoms with van der Waals surface area (Å²) < 4.78 is 4.42. The minimum atomic E-state index is -0.991. The molecule has 0 aromatic heterocycles. The molecule has 11 heavy (non-hydrogen) atoms. The monoisotopic (exact) mass is 180 g/mol. The Kier molecular flexibility index (Phi) is 4.89. The summed E-state index contributed by atoms with van der Waals surface area (Å²) in [6.45, 7) is 3.09. The zero-order chi connectivity index (χ0) is 8.36. The number of nitrogens with one attached hydrogen (secondary N) is 1. The van der Waals surface area contributed by atoms with Crippen LogP contribution < -0.4 is 5.73 Å². The molecule has 0 fully saturated rings. The first-order chi connectivity index (χ1) is 4.42. The molecule has 0 radical (unpaired) electrons. The normalized spacial score (nSPS) is 9.73. The number of ether oxygens (including phenoxy) is 1. The van der Waals surface area contributed by atoms with Crippen molar-refractivity contribution in [1.29, 1.82) is 5.41 Å². The van der Waals surface area contributed by atoms with Gasteiger partial charge in [-0.25, -0.2) is 0 Å². The Morgan fingerprint density at radius 3 is 2.00 bits per heavy atom. The molecule has 0 heterocycles. The summed E-state index contributed by atoms with van der Waals surface area (Å²) in [6, 6.07) is 0. The number of halogens is 1. The molecule has 0 spiro atoms. The highest BCUT2D eigenvalue weighted by molar-refractivity contribution is 6.02. The standard InChI is InChI=1S/C6H12N2O2.ClH/c1-6(2,4(7)8)5(9)10-3;/h1-3H3,(H3,7,8);1H. The smallest absolute Gasteiger partial charge is 0.318 e. The lowest BCUT2D eigenvalue weighted by atomic mass is 9.93. The molecule has 0 atom stereocenters. The van der Waals surface area contributed by atoms with Crippen LogP contribution in [0.15, 0.2) is 0 Å². The van der Waals surface area contributed by atoms with Crippen LogP contribution in [-0.4, -0.2) is 18.9 Å². The van der Waals surface area contributed by atoms with Gasteiger partial charge in [-0.15, -0.1) is 12.4 Å². The van der Waals surface area contributed by atoms with E-state index < -0.39 is 11.4 Å². The Balaban J connectivity index is 0. The minimum Gasteiger partial charge on any atom is -0.468 e. The first-order valence-corrected chi connectivity index (χ1v) is 2.86. The van der Waals surface area contributed by atoms with Crippen molar-refractivity contribution in [3.05, 3.63) is 0 Å². The predicted molar refractivity (Wildman–Crippen MR) is 45.0 cm³/mol. The summed E-state index contributed by atoms with van der Waals surface area (Å²) in [6.07, 6.45) is 0. The van der Waals surface area contributed by atoms with E-state index in [9.17, 15) is 4.79 Å². The maximum Gasteiger partial charge on any atom is 0.318 e. The molecule has 0 saturated carbocycles. The zero-order valence-corrected chi connectivity index (χ0v) is 7.62. The molecular formula is C6H13ClN2O2. The summed E-state index contributed by atoms with van der Waals surface area (Å²) in [5.74, 6) is -0.667. The van der Waals surface area contributed by atoms with Gasteiger partial charge < -0.3 is 10.5 Å². The van der Waals surface area contributed by atoms with Gasteiger partial charge in [-0.1, -0.05) is 0 Å². The molecule has 0 saturated heterocycles. The van der Waals surface area contributed by atoms with Crippen molar-refractivity contribution in [2.75, 3.05) is 7.11 Å². The molecule has 5 heteroatoms. The number of rotatable bonds is 2. The SMILES string of the molecule is COC(=O)C(C)(C)C(=N)N.Cl. The van der Waals surface area contributed by atoms with Crippen molar-refractivity contribution in [2.24, 2.45) is 11.1 Å². The van der Waals surface area contributed by atoms with Crippen LogP contribution in [-0.2, 0) is 9.53 Å². The average Bonchev–Trinajstić information content (AvgIpc) is 1.86. The molecule has 0 aliphatic carbocycles. The lowest BCUT2D eigenvalue weighted by molar-refractivity contribution is -0.147. The van der Waals surface area contributed by atoms with E-state index in [4.69, 9.17) is 11.1 Å². The maximum atomic E-state index is 10.8. The highest BCUT2D eigenvalue weighted by Gasteiger charge is 2.31. The second-order valence-electron chi connectivity index (χ2n) is 2.53. The molecule has 4 nitrogen and oxygen atoms in total. The third-order valence-corrected chi connectivity index (χ3v) is 1.37. The number of hydrogen-bond acceptors (Lipinski definition) is 3. The van der Waals surface area contributed by atoms with Crippen LogP contribution in [0.1, 0.15) is 13.8 Å². The molecule has 0 amide bonds. The molecular weight excluding hydrogens is 168 g/mol. The molecule has 66 valence electrons. The third-order valence-electron chi connectivity index (χ3n) is 1.37. The first kappa shape index (κ1) is 12.9. The fourth-order valence-corrected chi connectivity index (χ4v) is 0.365. The van der Waals surface area contributed by atoms with E-state index in [1.807, 2.05) is 0 Å². The van der Waals surface area contributed by atoms with Crippen LogP contribution in [0.2, 0.25) is 0 Å². The molecule has 0 bridgehead atoms. The average molecular weight is 181 g/mol. The van der Waals surface area contributed by atoms with E-state index in [1.165, 1.54) is 7.11 Å². The molecule has 0 aromatic rings. The Bertz CT molecular complexity index is 168. The van der Waals surface area contributed by atoms with Crippen molar-refractivity contribution in [3.63, 3.8) is 0 Å². The number of carbonyl (C=O) groups excluding carboxylic acids is 1. The van der Waals surface area contributed by atoms with Gasteiger partial charge in [0.05, 0.1) is 7.11 Å². The highest BCUT2D eigenvalue weighted by Crippen LogP contribution is 2.15. The number of amidine groups is 1. The number of hydrogen-bond donors (Lipinski definition) is 2. The highest BCUT2D eigenvalue weighted by atomic mass is 35.5. The maximum absolute atomic E-state index is 10.8. The van der Waals surface area contributed by atoms with E-state index >= 15 is 0 Å². The summed E-state index contributed by atoms with van der Waals surface area (Å²) in [5, 5.41) is 7.01. The lowest BCUT2D eigenvalue weighted by Gasteiger charge is -2.18. The van der Waals surface area contributed by atoms with Crippen LogP contribution in [0, 0.1) is 10.8 Å². The van der Waals surface area contributed by atoms with E-state index in [2.05, 4.69) is 4.74 Å². The van der Waals surface area contributed by atoms with Gasteiger partial charge in [0.25, 0.3) is 0 Å². The zero-order valence-electron chi connectivity index (χ0n) is 6.80. The third kappa shape index (κ3) is 2.76. The number of carbonyl (C=O) groups is 1. The van der Waals surface area contributed by atoms with Crippen LogP contribution in [0.25, 0.3) is 0 Å². The van der Waals surface area contributed by atoms with Crippen LogP contribution in [0.3, 0.4) is 0 Å². The van der Waals surface area contributed by atoms with E-state index in [-0.39, 0.29) is 18.2 Å². The van der Waals surface area contributed by atoms with Gasteiger partial charge in [0.15, 0.2) is 0 Å².